The lowest BCUT2D eigenvalue weighted by Gasteiger charge is -2.20. The molecule has 120 valence electrons. The van der Waals surface area contributed by atoms with Crippen LogP contribution in [0.2, 0.25) is 0 Å². The molecule has 0 aliphatic carbocycles. The van der Waals surface area contributed by atoms with E-state index in [2.05, 4.69) is 0 Å². The number of phosphoric acid groups is 1. The summed E-state index contributed by atoms with van der Waals surface area (Å²) in [6, 6.07) is 0. The highest BCUT2D eigenvalue weighted by atomic mass is 31.2. The number of carbonyl (C=O) groups excluding carboxylic acids is 1. The van der Waals surface area contributed by atoms with Crippen LogP contribution in [0.15, 0.2) is 0 Å². The SMILES string of the molecule is CCCCOP(=O)(OCCCC)OCC(=O)C(C)(C)C. The molecule has 0 saturated carbocycles. The highest BCUT2D eigenvalue weighted by molar-refractivity contribution is 7.48. The predicted molar refractivity (Wildman–Crippen MR) is 79.7 cm³/mol. The van der Waals surface area contributed by atoms with Gasteiger partial charge in [0.15, 0.2) is 5.78 Å². The van der Waals surface area contributed by atoms with Crippen molar-refractivity contribution in [3.63, 3.8) is 0 Å². The quantitative estimate of drug-likeness (QED) is 0.419. The summed E-state index contributed by atoms with van der Waals surface area (Å²) in [4.78, 5) is 11.8. The number of hydrogen-bond acceptors (Lipinski definition) is 5. The average molecular weight is 308 g/mol. The minimum absolute atomic E-state index is 0.129. The van der Waals surface area contributed by atoms with Crippen LogP contribution < -0.4 is 0 Å². The van der Waals surface area contributed by atoms with Crippen molar-refractivity contribution in [1.29, 1.82) is 0 Å². The smallest absolute Gasteiger partial charge is 0.296 e. The number of Topliss-reactive ketones (excluding diaryl/α,β-unsaturated/α-hetero) is 1. The Labute approximate surface area is 123 Å². The molecule has 0 atom stereocenters. The Kier molecular flexibility index (Phi) is 9.56. The second-order valence-electron chi connectivity index (χ2n) is 5.77. The summed E-state index contributed by atoms with van der Waals surface area (Å²) in [5, 5.41) is 0. The maximum absolute atomic E-state index is 12.4. The second-order valence-corrected chi connectivity index (χ2v) is 7.44. The molecule has 0 rings (SSSR count). The molecule has 0 spiro atoms. The zero-order valence-electron chi connectivity index (χ0n) is 13.4. The molecule has 0 aliphatic rings. The Morgan fingerprint density at radius 1 is 0.950 bits per heavy atom. The van der Waals surface area contributed by atoms with Gasteiger partial charge in [-0.05, 0) is 12.8 Å². The fourth-order valence-corrected chi connectivity index (χ4v) is 2.31. The number of unbranched alkanes of at least 4 members (excludes halogenated alkanes) is 2. The van der Waals surface area contributed by atoms with Crippen molar-refractivity contribution in [3.05, 3.63) is 0 Å². The van der Waals surface area contributed by atoms with Crippen LogP contribution in [0.1, 0.15) is 60.3 Å². The lowest BCUT2D eigenvalue weighted by Crippen LogP contribution is -2.24. The minimum atomic E-state index is -3.62. The van der Waals surface area contributed by atoms with E-state index in [1.807, 2.05) is 13.8 Å². The molecule has 0 amide bonds. The topological polar surface area (TPSA) is 61.8 Å². The van der Waals surface area contributed by atoms with Gasteiger partial charge in [0.05, 0.1) is 13.2 Å². The molecule has 0 bridgehead atoms. The van der Waals surface area contributed by atoms with Crippen LogP contribution in [0.4, 0.5) is 0 Å². The first kappa shape index (κ1) is 19.8. The van der Waals surface area contributed by atoms with E-state index in [9.17, 15) is 9.36 Å². The fourth-order valence-electron chi connectivity index (χ4n) is 1.11. The van der Waals surface area contributed by atoms with E-state index in [0.717, 1.165) is 25.7 Å². The Balaban J connectivity index is 4.43. The lowest BCUT2D eigenvalue weighted by atomic mass is 9.91. The Bertz CT molecular complexity index is 308. The number of phosphoric ester groups is 1. The van der Waals surface area contributed by atoms with E-state index in [0.29, 0.717) is 13.2 Å². The van der Waals surface area contributed by atoms with Crippen molar-refractivity contribution in [2.24, 2.45) is 5.41 Å². The molecule has 5 nitrogen and oxygen atoms in total. The molecular formula is C14H29O5P. The van der Waals surface area contributed by atoms with Gasteiger partial charge in [-0.3, -0.25) is 18.4 Å². The summed E-state index contributed by atoms with van der Waals surface area (Å²) < 4.78 is 28.0. The summed E-state index contributed by atoms with van der Waals surface area (Å²) in [5.74, 6) is -0.129. The normalized spacial score (nSPS) is 12.7. The largest absolute Gasteiger partial charge is 0.475 e. The third-order valence-electron chi connectivity index (χ3n) is 2.68. The Morgan fingerprint density at radius 2 is 1.40 bits per heavy atom. The number of carbonyl (C=O) groups is 1. The monoisotopic (exact) mass is 308 g/mol. The molecule has 0 saturated heterocycles. The Morgan fingerprint density at radius 3 is 1.75 bits per heavy atom. The van der Waals surface area contributed by atoms with Crippen LogP contribution >= 0.6 is 7.82 Å². The van der Waals surface area contributed by atoms with Gasteiger partial charge in [-0.15, -0.1) is 0 Å². The van der Waals surface area contributed by atoms with Gasteiger partial charge in [-0.1, -0.05) is 47.5 Å². The molecule has 0 aliphatic heterocycles. The van der Waals surface area contributed by atoms with Crippen molar-refractivity contribution in [1.82, 2.24) is 0 Å². The van der Waals surface area contributed by atoms with Gasteiger partial charge in [-0.25, -0.2) is 4.57 Å². The van der Waals surface area contributed by atoms with Gasteiger partial charge in [-0.2, -0.15) is 0 Å². The van der Waals surface area contributed by atoms with Crippen molar-refractivity contribution in [2.75, 3.05) is 19.8 Å². The van der Waals surface area contributed by atoms with Crippen LogP contribution in [-0.2, 0) is 22.9 Å². The molecule has 0 heterocycles. The standard InChI is InChI=1S/C14H29O5P/c1-6-8-10-17-20(16,18-11-9-7-2)19-12-13(15)14(3,4)5/h6-12H2,1-5H3. The summed E-state index contributed by atoms with van der Waals surface area (Å²) in [5.41, 5.74) is -0.530. The predicted octanol–water partition coefficient (Wildman–Crippen LogP) is 4.36. The molecule has 0 unspecified atom stereocenters. The zero-order valence-corrected chi connectivity index (χ0v) is 14.3. The van der Waals surface area contributed by atoms with E-state index in [4.69, 9.17) is 13.6 Å². The van der Waals surface area contributed by atoms with E-state index < -0.39 is 13.2 Å². The fraction of sp³-hybridized carbons (Fsp3) is 0.929. The minimum Gasteiger partial charge on any atom is -0.296 e. The van der Waals surface area contributed by atoms with Crippen molar-refractivity contribution in [3.8, 4) is 0 Å². The third-order valence-corrected chi connectivity index (χ3v) is 4.13. The van der Waals surface area contributed by atoms with Crippen molar-refractivity contribution < 1.29 is 22.9 Å². The van der Waals surface area contributed by atoms with E-state index in [1.54, 1.807) is 20.8 Å². The average Bonchev–Trinajstić information content (AvgIpc) is 2.35. The maximum atomic E-state index is 12.4. The summed E-state index contributed by atoms with van der Waals surface area (Å²) in [6.45, 7) is 9.76. The molecule has 6 heteroatoms. The van der Waals surface area contributed by atoms with Crippen LogP contribution in [0, 0.1) is 5.41 Å². The third kappa shape index (κ3) is 8.85. The van der Waals surface area contributed by atoms with E-state index >= 15 is 0 Å². The number of rotatable bonds is 11. The Hall–Kier alpha value is -0.220. The summed E-state index contributed by atoms with van der Waals surface area (Å²) in [7, 11) is -3.62. The molecule has 0 N–H and O–H groups in total. The van der Waals surface area contributed by atoms with E-state index in [1.165, 1.54) is 0 Å². The van der Waals surface area contributed by atoms with Gasteiger partial charge < -0.3 is 0 Å². The number of hydrogen-bond donors (Lipinski definition) is 0. The van der Waals surface area contributed by atoms with Gasteiger partial charge in [0.1, 0.15) is 6.61 Å². The van der Waals surface area contributed by atoms with Crippen LogP contribution in [-0.4, -0.2) is 25.6 Å². The molecule has 0 aromatic carbocycles. The summed E-state index contributed by atoms with van der Waals surface area (Å²) in [6.07, 6.45) is 3.40. The molecule has 20 heavy (non-hydrogen) atoms. The highest BCUT2D eigenvalue weighted by Gasteiger charge is 2.30. The number of ketones is 1. The van der Waals surface area contributed by atoms with Crippen LogP contribution in [0.25, 0.3) is 0 Å². The van der Waals surface area contributed by atoms with Gasteiger partial charge >= 0.3 is 7.82 Å². The summed E-state index contributed by atoms with van der Waals surface area (Å²) >= 11 is 0. The first-order chi connectivity index (χ1) is 9.25. The molecule has 0 aromatic heterocycles. The zero-order chi connectivity index (χ0) is 15.6. The lowest BCUT2D eigenvalue weighted by molar-refractivity contribution is -0.129. The van der Waals surface area contributed by atoms with Gasteiger partial charge in [0, 0.05) is 5.41 Å². The van der Waals surface area contributed by atoms with E-state index in [-0.39, 0.29) is 12.4 Å². The first-order valence-electron chi connectivity index (χ1n) is 7.32. The maximum Gasteiger partial charge on any atom is 0.475 e. The molecule has 0 radical (unpaired) electrons. The van der Waals surface area contributed by atoms with Crippen LogP contribution in [0.5, 0.6) is 0 Å². The molecule has 0 fully saturated rings. The van der Waals surface area contributed by atoms with Crippen LogP contribution in [0.3, 0.4) is 0 Å². The van der Waals surface area contributed by atoms with Crippen molar-refractivity contribution >= 4 is 13.6 Å². The van der Waals surface area contributed by atoms with Crippen molar-refractivity contribution in [2.45, 2.75) is 60.3 Å². The van der Waals surface area contributed by atoms with Gasteiger partial charge in [0.25, 0.3) is 0 Å². The molecular weight excluding hydrogens is 279 g/mol. The first-order valence-corrected chi connectivity index (χ1v) is 8.78. The second kappa shape index (κ2) is 9.67. The highest BCUT2D eigenvalue weighted by Crippen LogP contribution is 2.49. The van der Waals surface area contributed by atoms with Gasteiger partial charge in [0.2, 0.25) is 0 Å². The molecule has 0 aromatic rings.